The normalized spacial score (nSPS) is 20.8. The van der Waals surface area contributed by atoms with Gasteiger partial charge in [0.1, 0.15) is 6.04 Å². The zero-order chi connectivity index (χ0) is 16.8. The van der Waals surface area contributed by atoms with Crippen molar-refractivity contribution in [2.45, 2.75) is 18.5 Å². The summed E-state index contributed by atoms with van der Waals surface area (Å²) >= 11 is 0. The monoisotopic (exact) mass is 322 g/mol. The highest BCUT2D eigenvalue weighted by atomic mass is 16.5. The summed E-state index contributed by atoms with van der Waals surface area (Å²) in [5.41, 5.74) is 0. The molecule has 0 radical (unpaired) electrons. The fraction of sp³-hybridized carbons (Fsp3) is 0.500. The van der Waals surface area contributed by atoms with Gasteiger partial charge in [-0.05, 0) is 25.6 Å². The molecule has 7 heteroatoms. The maximum Gasteiger partial charge on any atom is 0.323 e. The molecule has 1 aliphatic heterocycles. The van der Waals surface area contributed by atoms with Crippen LogP contribution >= 0.6 is 0 Å². The number of benzene rings is 1. The molecule has 126 valence electrons. The molecule has 0 spiro atoms. The topological polar surface area (TPSA) is 77.1 Å². The lowest BCUT2D eigenvalue weighted by molar-refractivity contribution is -0.145. The van der Waals surface area contributed by atoms with Gasteiger partial charge in [-0.2, -0.15) is 0 Å². The van der Waals surface area contributed by atoms with Crippen LogP contribution in [-0.2, 0) is 14.3 Å². The summed E-state index contributed by atoms with van der Waals surface area (Å²) < 4.78 is 15.4. The molecule has 23 heavy (non-hydrogen) atoms. The van der Waals surface area contributed by atoms with Gasteiger partial charge >= 0.3 is 5.97 Å². The summed E-state index contributed by atoms with van der Waals surface area (Å²) in [6.45, 7) is 0.490. The number of likely N-dealkylation sites (N-methyl/N-ethyl adjacent to an activating group) is 1. The van der Waals surface area contributed by atoms with Crippen LogP contribution in [-0.4, -0.2) is 63.3 Å². The van der Waals surface area contributed by atoms with Gasteiger partial charge in [0.25, 0.3) is 5.91 Å². The Bertz CT molecular complexity index is 563. The van der Waals surface area contributed by atoms with Crippen LogP contribution in [0.5, 0.6) is 11.5 Å². The van der Waals surface area contributed by atoms with E-state index in [2.05, 4.69) is 5.32 Å². The highest BCUT2D eigenvalue weighted by Crippen LogP contribution is 2.25. The van der Waals surface area contributed by atoms with E-state index in [0.29, 0.717) is 24.5 Å². The number of methoxy groups -OCH3 is 2. The first kappa shape index (κ1) is 17.1. The minimum absolute atomic E-state index is 0.0992. The molecule has 1 heterocycles. The van der Waals surface area contributed by atoms with Crippen molar-refractivity contribution in [2.75, 3.05) is 34.4 Å². The van der Waals surface area contributed by atoms with E-state index in [9.17, 15) is 9.59 Å². The van der Waals surface area contributed by atoms with Crippen molar-refractivity contribution in [3.63, 3.8) is 0 Å². The first-order valence-electron chi connectivity index (χ1n) is 7.38. The molecule has 0 bridgehead atoms. The Kier molecular flexibility index (Phi) is 5.81. The Morgan fingerprint density at radius 3 is 2.61 bits per heavy atom. The quantitative estimate of drug-likeness (QED) is 0.766. The molecule has 1 fully saturated rings. The summed E-state index contributed by atoms with van der Waals surface area (Å²) in [4.78, 5) is 25.5. The molecule has 1 saturated heterocycles. The van der Waals surface area contributed by atoms with Crippen molar-refractivity contribution < 1.29 is 23.8 Å². The van der Waals surface area contributed by atoms with Gasteiger partial charge in [-0.1, -0.05) is 12.1 Å². The van der Waals surface area contributed by atoms with E-state index < -0.39 is 0 Å². The van der Waals surface area contributed by atoms with E-state index in [-0.39, 0.29) is 30.6 Å². The fourth-order valence-corrected chi connectivity index (χ4v) is 2.67. The number of rotatable bonds is 6. The Balaban J connectivity index is 1.83. The highest BCUT2D eigenvalue weighted by molar-refractivity contribution is 5.79. The molecule has 1 aliphatic rings. The number of likely N-dealkylation sites (tertiary alicyclic amines) is 1. The fourth-order valence-electron chi connectivity index (χ4n) is 2.67. The molecule has 2 atom stereocenters. The van der Waals surface area contributed by atoms with Gasteiger partial charge in [-0.3, -0.25) is 14.5 Å². The Labute approximate surface area is 135 Å². The van der Waals surface area contributed by atoms with Crippen LogP contribution in [0, 0.1) is 0 Å². The third-order valence-corrected chi connectivity index (χ3v) is 3.81. The SMILES string of the molecule is COC(=O)C1CC(NC(=O)COc2ccccc2OC)CN1C. The van der Waals surface area contributed by atoms with Crippen molar-refractivity contribution in [2.24, 2.45) is 0 Å². The number of hydrogen-bond donors (Lipinski definition) is 1. The van der Waals surface area contributed by atoms with E-state index in [1.165, 1.54) is 7.11 Å². The molecule has 1 aromatic rings. The number of ether oxygens (including phenoxy) is 3. The molecule has 2 rings (SSSR count). The summed E-state index contributed by atoms with van der Waals surface area (Å²) in [6.07, 6.45) is 0.531. The average Bonchev–Trinajstić information content (AvgIpc) is 2.92. The minimum atomic E-state index is -0.319. The number of carbonyl (C=O) groups excluding carboxylic acids is 2. The number of esters is 1. The van der Waals surface area contributed by atoms with E-state index in [0.717, 1.165) is 0 Å². The zero-order valence-corrected chi connectivity index (χ0v) is 13.6. The number of amides is 1. The van der Waals surface area contributed by atoms with Crippen LogP contribution < -0.4 is 14.8 Å². The van der Waals surface area contributed by atoms with Gasteiger partial charge in [0.05, 0.1) is 14.2 Å². The summed E-state index contributed by atoms with van der Waals surface area (Å²) in [7, 11) is 4.74. The van der Waals surface area contributed by atoms with Crippen LogP contribution in [0.2, 0.25) is 0 Å². The second kappa shape index (κ2) is 7.82. The van der Waals surface area contributed by atoms with Crippen molar-refractivity contribution in [1.29, 1.82) is 0 Å². The second-order valence-electron chi connectivity index (χ2n) is 5.42. The number of hydrogen-bond acceptors (Lipinski definition) is 6. The molecule has 0 saturated carbocycles. The maximum absolute atomic E-state index is 12.0. The lowest BCUT2D eigenvalue weighted by Gasteiger charge is -2.15. The molecule has 1 N–H and O–H groups in total. The van der Waals surface area contributed by atoms with Gasteiger partial charge in [0, 0.05) is 12.6 Å². The predicted octanol–water partition coefficient (Wildman–Crippen LogP) is 0.436. The molecular weight excluding hydrogens is 300 g/mol. The lowest BCUT2D eigenvalue weighted by atomic mass is 10.1. The van der Waals surface area contributed by atoms with Crippen LogP contribution in [0.25, 0.3) is 0 Å². The van der Waals surface area contributed by atoms with Crippen LogP contribution in [0.1, 0.15) is 6.42 Å². The standard InChI is InChI=1S/C16H22N2O5/c1-18-9-11(8-12(18)16(20)22-3)17-15(19)10-23-14-7-5-4-6-13(14)21-2/h4-7,11-12H,8-10H2,1-3H3,(H,17,19). The molecule has 2 unspecified atom stereocenters. The molecule has 1 amide bonds. The summed E-state index contributed by atoms with van der Waals surface area (Å²) in [5.74, 6) is 0.571. The third kappa shape index (κ3) is 4.35. The van der Waals surface area contributed by atoms with Crippen molar-refractivity contribution in [1.82, 2.24) is 10.2 Å². The third-order valence-electron chi connectivity index (χ3n) is 3.81. The van der Waals surface area contributed by atoms with Gasteiger partial charge in [0.2, 0.25) is 0 Å². The maximum atomic E-state index is 12.0. The Morgan fingerprint density at radius 2 is 1.96 bits per heavy atom. The van der Waals surface area contributed by atoms with Gasteiger partial charge in [-0.15, -0.1) is 0 Å². The first-order chi connectivity index (χ1) is 11.0. The second-order valence-corrected chi connectivity index (χ2v) is 5.42. The van der Waals surface area contributed by atoms with Gasteiger partial charge in [0.15, 0.2) is 18.1 Å². The van der Waals surface area contributed by atoms with E-state index in [1.54, 1.807) is 19.2 Å². The lowest BCUT2D eigenvalue weighted by Crippen LogP contribution is -2.39. The number of para-hydroxylation sites is 2. The molecular formula is C16H22N2O5. The molecule has 7 nitrogen and oxygen atoms in total. The Hall–Kier alpha value is -2.28. The van der Waals surface area contributed by atoms with Crippen molar-refractivity contribution >= 4 is 11.9 Å². The van der Waals surface area contributed by atoms with E-state index in [4.69, 9.17) is 14.2 Å². The molecule has 0 aromatic heterocycles. The highest BCUT2D eigenvalue weighted by Gasteiger charge is 2.35. The predicted molar refractivity (Wildman–Crippen MR) is 83.5 cm³/mol. The Morgan fingerprint density at radius 1 is 1.26 bits per heavy atom. The van der Waals surface area contributed by atoms with E-state index in [1.807, 2.05) is 24.1 Å². The van der Waals surface area contributed by atoms with E-state index >= 15 is 0 Å². The van der Waals surface area contributed by atoms with Gasteiger partial charge in [-0.25, -0.2) is 0 Å². The zero-order valence-electron chi connectivity index (χ0n) is 13.6. The number of nitrogens with one attached hydrogen (secondary N) is 1. The van der Waals surface area contributed by atoms with Gasteiger partial charge < -0.3 is 19.5 Å². The first-order valence-corrected chi connectivity index (χ1v) is 7.38. The smallest absolute Gasteiger partial charge is 0.323 e. The van der Waals surface area contributed by atoms with Crippen molar-refractivity contribution in [3.05, 3.63) is 24.3 Å². The van der Waals surface area contributed by atoms with Crippen LogP contribution in [0.4, 0.5) is 0 Å². The largest absolute Gasteiger partial charge is 0.493 e. The van der Waals surface area contributed by atoms with Crippen LogP contribution in [0.15, 0.2) is 24.3 Å². The summed E-state index contributed by atoms with van der Waals surface area (Å²) in [5, 5.41) is 2.87. The summed E-state index contributed by atoms with van der Waals surface area (Å²) in [6, 6.07) is 6.72. The average molecular weight is 322 g/mol. The van der Waals surface area contributed by atoms with Crippen molar-refractivity contribution in [3.8, 4) is 11.5 Å². The molecule has 0 aliphatic carbocycles. The molecule has 1 aromatic carbocycles. The minimum Gasteiger partial charge on any atom is -0.493 e. The number of nitrogens with zero attached hydrogens (tertiary/aromatic N) is 1. The van der Waals surface area contributed by atoms with Crippen LogP contribution in [0.3, 0.4) is 0 Å². The number of carbonyl (C=O) groups is 2.